The summed E-state index contributed by atoms with van der Waals surface area (Å²) in [5.41, 5.74) is -1.81. The Morgan fingerprint density at radius 3 is 2.36 bits per heavy atom. The molecule has 8 nitrogen and oxygen atoms in total. The number of carboxylic acid groups (broad SMARTS) is 2. The zero-order valence-electron chi connectivity index (χ0n) is 16.2. The maximum Gasteiger partial charge on any atom is 0.342 e. The van der Waals surface area contributed by atoms with Gasteiger partial charge in [0.25, 0.3) is 0 Å². The lowest BCUT2D eigenvalue weighted by Crippen LogP contribution is -2.50. The van der Waals surface area contributed by atoms with E-state index in [4.69, 9.17) is 14.2 Å². The normalized spacial score (nSPS) is 23.2. The highest BCUT2D eigenvalue weighted by Gasteiger charge is 2.61. The molecule has 0 aromatic heterocycles. The third kappa shape index (κ3) is 5.08. The van der Waals surface area contributed by atoms with Crippen LogP contribution < -0.4 is 0 Å². The summed E-state index contributed by atoms with van der Waals surface area (Å²) >= 11 is 0. The van der Waals surface area contributed by atoms with Crippen LogP contribution in [0.25, 0.3) is 0 Å². The van der Waals surface area contributed by atoms with Crippen molar-refractivity contribution in [1.82, 2.24) is 0 Å². The Balaban J connectivity index is 2.15. The number of esters is 1. The van der Waals surface area contributed by atoms with Crippen LogP contribution in [0.4, 0.5) is 0 Å². The topological polar surface area (TPSA) is 119 Å². The molecule has 0 radical (unpaired) electrons. The number of carbonyl (C=O) groups is 3. The van der Waals surface area contributed by atoms with Crippen molar-refractivity contribution in [2.24, 2.45) is 11.3 Å². The highest BCUT2D eigenvalue weighted by atomic mass is 16.8. The van der Waals surface area contributed by atoms with Gasteiger partial charge < -0.3 is 24.4 Å². The van der Waals surface area contributed by atoms with Crippen molar-refractivity contribution in [3.8, 4) is 0 Å². The summed E-state index contributed by atoms with van der Waals surface area (Å²) in [7, 11) is 0. The van der Waals surface area contributed by atoms with Crippen LogP contribution in [0.3, 0.4) is 0 Å². The highest BCUT2D eigenvalue weighted by Crippen LogP contribution is 2.42. The van der Waals surface area contributed by atoms with Gasteiger partial charge in [0, 0.05) is 12.0 Å². The molecule has 1 aliphatic heterocycles. The van der Waals surface area contributed by atoms with Gasteiger partial charge in [-0.1, -0.05) is 51.1 Å². The Morgan fingerprint density at radius 2 is 1.86 bits per heavy atom. The average Bonchev–Trinajstić information content (AvgIpc) is 2.92. The van der Waals surface area contributed by atoms with E-state index in [1.807, 2.05) is 30.3 Å². The van der Waals surface area contributed by atoms with Gasteiger partial charge in [0.15, 0.2) is 5.60 Å². The quantitative estimate of drug-likeness (QED) is 0.484. The number of benzene rings is 1. The molecule has 2 N–H and O–H groups in total. The van der Waals surface area contributed by atoms with E-state index in [0.29, 0.717) is 0 Å². The van der Waals surface area contributed by atoms with Crippen molar-refractivity contribution >= 4 is 17.9 Å². The zero-order valence-corrected chi connectivity index (χ0v) is 16.2. The molecule has 0 unspecified atom stereocenters. The molecule has 28 heavy (non-hydrogen) atoms. The molecule has 0 aliphatic carbocycles. The molecule has 3 atom stereocenters. The summed E-state index contributed by atoms with van der Waals surface area (Å²) in [5.74, 6) is -5.07. The van der Waals surface area contributed by atoms with E-state index in [2.05, 4.69) is 0 Å². The minimum atomic E-state index is -2.09. The third-order valence-electron chi connectivity index (χ3n) is 4.52. The molecule has 0 amide bonds. The number of rotatable bonds is 9. The van der Waals surface area contributed by atoms with Gasteiger partial charge in [-0.05, 0) is 12.0 Å². The van der Waals surface area contributed by atoms with E-state index in [1.54, 1.807) is 20.8 Å². The van der Waals surface area contributed by atoms with E-state index in [0.717, 1.165) is 5.56 Å². The molecule has 1 saturated heterocycles. The fraction of sp³-hybridized carbons (Fsp3) is 0.550. The van der Waals surface area contributed by atoms with Crippen molar-refractivity contribution in [3.05, 3.63) is 35.9 Å². The van der Waals surface area contributed by atoms with Crippen LogP contribution in [0, 0.1) is 11.3 Å². The van der Waals surface area contributed by atoms with Crippen LogP contribution in [0.1, 0.15) is 39.2 Å². The predicted molar refractivity (Wildman–Crippen MR) is 97.2 cm³/mol. The Kier molecular flexibility index (Phi) is 6.79. The van der Waals surface area contributed by atoms with Crippen molar-refractivity contribution in [1.29, 1.82) is 0 Å². The number of hydrogen-bond acceptors (Lipinski definition) is 6. The Morgan fingerprint density at radius 1 is 1.21 bits per heavy atom. The number of aliphatic carboxylic acids is 2. The van der Waals surface area contributed by atoms with Gasteiger partial charge in [-0.15, -0.1) is 0 Å². The lowest BCUT2D eigenvalue weighted by Gasteiger charge is -2.31. The summed E-state index contributed by atoms with van der Waals surface area (Å²) in [5, 5.41) is 19.0. The second kappa shape index (κ2) is 8.70. The molecule has 1 heterocycles. The van der Waals surface area contributed by atoms with E-state index >= 15 is 0 Å². The second-order valence-electron chi connectivity index (χ2n) is 7.90. The zero-order chi connectivity index (χ0) is 20.9. The Bertz CT molecular complexity index is 709. The van der Waals surface area contributed by atoms with E-state index in [9.17, 15) is 24.6 Å². The lowest BCUT2D eigenvalue weighted by molar-refractivity contribution is -0.181. The summed E-state index contributed by atoms with van der Waals surface area (Å²) < 4.78 is 16.4. The number of hydrogen-bond donors (Lipinski definition) is 2. The largest absolute Gasteiger partial charge is 0.481 e. The first-order chi connectivity index (χ1) is 13.1. The molecule has 2 rings (SSSR count). The minimum Gasteiger partial charge on any atom is -0.481 e. The monoisotopic (exact) mass is 394 g/mol. The molecule has 1 aliphatic rings. The molecule has 1 aromatic rings. The van der Waals surface area contributed by atoms with Crippen LogP contribution in [0.2, 0.25) is 0 Å². The Labute approximate surface area is 163 Å². The molecule has 0 bridgehead atoms. The fourth-order valence-corrected chi connectivity index (χ4v) is 3.02. The standard InChI is InChI=1S/C20H26O8/c1-19(2,3)18-27-17(25)20(28-18,11-15(21)22)14(16(23)24)9-10-26-12-13-7-5-4-6-8-13/h4-8,14,18H,9-12H2,1-3H3,(H,21,22)(H,23,24)/t14-,18-,20+/m0/s1. The molecular weight excluding hydrogens is 368 g/mol. The van der Waals surface area contributed by atoms with E-state index in [-0.39, 0.29) is 19.6 Å². The maximum absolute atomic E-state index is 12.6. The summed E-state index contributed by atoms with van der Waals surface area (Å²) in [6.45, 7) is 5.54. The first-order valence-electron chi connectivity index (χ1n) is 9.01. The van der Waals surface area contributed by atoms with Crippen LogP contribution in [-0.2, 0) is 35.2 Å². The minimum absolute atomic E-state index is 0.0179. The predicted octanol–water partition coefficient (Wildman–Crippen LogP) is 2.45. The van der Waals surface area contributed by atoms with Crippen LogP contribution in [0.5, 0.6) is 0 Å². The Hall–Kier alpha value is -2.45. The summed E-state index contributed by atoms with van der Waals surface area (Å²) in [4.78, 5) is 35.9. The van der Waals surface area contributed by atoms with Gasteiger partial charge in [0.1, 0.15) is 0 Å². The van der Waals surface area contributed by atoms with Crippen molar-refractivity contribution in [2.45, 2.75) is 52.1 Å². The van der Waals surface area contributed by atoms with Gasteiger partial charge in [-0.2, -0.15) is 0 Å². The van der Waals surface area contributed by atoms with Gasteiger partial charge in [-0.25, -0.2) is 4.79 Å². The molecule has 0 spiro atoms. The van der Waals surface area contributed by atoms with Gasteiger partial charge in [0.2, 0.25) is 6.29 Å². The molecule has 1 aromatic carbocycles. The highest BCUT2D eigenvalue weighted by molar-refractivity contribution is 5.92. The molecule has 8 heteroatoms. The molecule has 1 fully saturated rings. The molecule has 154 valence electrons. The maximum atomic E-state index is 12.6. The number of carboxylic acids is 2. The average molecular weight is 394 g/mol. The van der Waals surface area contributed by atoms with E-state index in [1.165, 1.54) is 0 Å². The van der Waals surface area contributed by atoms with Crippen molar-refractivity contribution in [3.63, 3.8) is 0 Å². The fourth-order valence-electron chi connectivity index (χ4n) is 3.02. The first kappa shape index (κ1) is 21.8. The molecule has 0 saturated carbocycles. The number of ether oxygens (including phenoxy) is 3. The smallest absolute Gasteiger partial charge is 0.342 e. The van der Waals surface area contributed by atoms with Crippen LogP contribution in [0.15, 0.2) is 30.3 Å². The van der Waals surface area contributed by atoms with Crippen molar-refractivity contribution < 1.29 is 38.8 Å². The van der Waals surface area contributed by atoms with Gasteiger partial charge >= 0.3 is 17.9 Å². The molecular formula is C20H26O8. The number of cyclic esters (lactones) is 1. The second-order valence-corrected chi connectivity index (χ2v) is 7.90. The van der Waals surface area contributed by atoms with Crippen LogP contribution >= 0.6 is 0 Å². The van der Waals surface area contributed by atoms with Crippen molar-refractivity contribution in [2.75, 3.05) is 6.61 Å². The third-order valence-corrected chi connectivity index (χ3v) is 4.52. The summed E-state index contributed by atoms with van der Waals surface area (Å²) in [6.07, 6.45) is -1.93. The lowest BCUT2D eigenvalue weighted by atomic mass is 9.82. The summed E-state index contributed by atoms with van der Waals surface area (Å²) in [6, 6.07) is 9.32. The van der Waals surface area contributed by atoms with Crippen LogP contribution in [-0.4, -0.2) is 46.6 Å². The van der Waals surface area contributed by atoms with Gasteiger partial charge in [0.05, 0.1) is 18.9 Å². The SMILES string of the molecule is CC(C)(C)[C@H]1OC(=O)[C@@](CC(=O)O)([C@@H](CCOCc2ccccc2)C(=O)O)O1. The van der Waals surface area contributed by atoms with Gasteiger partial charge in [-0.3, -0.25) is 9.59 Å². The number of carbonyl (C=O) groups excluding carboxylic acids is 1. The van der Waals surface area contributed by atoms with E-state index < -0.39 is 47.6 Å². The first-order valence-corrected chi connectivity index (χ1v) is 9.01.